The Morgan fingerprint density at radius 1 is 1.08 bits per heavy atom. The lowest BCUT2D eigenvalue weighted by Crippen LogP contribution is -2.38. The van der Waals surface area contributed by atoms with E-state index in [0.717, 1.165) is 12.8 Å². The van der Waals surface area contributed by atoms with Crippen molar-refractivity contribution < 1.29 is 22.4 Å². The van der Waals surface area contributed by atoms with Crippen LogP contribution < -0.4 is 5.32 Å². The third kappa shape index (κ3) is 4.13. The number of benzene rings is 1. The minimum Gasteiger partial charge on any atom is -0.459 e. The number of hydrogen-bond donors (Lipinski definition) is 1. The molecule has 1 aliphatic rings. The van der Waals surface area contributed by atoms with E-state index in [1.54, 1.807) is 23.1 Å². The maximum absolute atomic E-state index is 12.5. The maximum Gasteiger partial charge on any atom is 0.287 e. The van der Waals surface area contributed by atoms with E-state index in [9.17, 15) is 18.0 Å². The molecule has 2 aromatic rings. The summed E-state index contributed by atoms with van der Waals surface area (Å²) in [6.45, 7) is 1.27. The second-order valence-corrected chi connectivity index (χ2v) is 8.11. The Balaban J connectivity index is 1.66. The Kier molecular flexibility index (Phi) is 5.41. The van der Waals surface area contributed by atoms with Crippen molar-refractivity contribution in [1.82, 2.24) is 10.2 Å². The van der Waals surface area contributed by atoms with Crippen LogP contribution >= 0.6 is 0 Å². The number of nitrogens with one attached hydrogen (secondary N) is 1. The lowest BCUT2D eigenvalue weighted by molar-refractivity contribution is -0.129. The second kappa shape index (κ2) is 7.74. The number of carbonyl (C=O) groups is 2. The minimum absolute atomic E-state index is 0.0845. The summed E-state index contributed by atoms with van der Waals surface area (Å²) >= 11 is 0. The van der Waals surface area contributed by atoms with Crippen LogP contribution in [0.3, 0.4) is 0 Å². The van der Waals surface area contributed by atoms with Crippen LogP contribution in [0.1, 0.15) is 29.0 Å². The first-order chi connectivity index (χ1) is 12.5. The third-order valence-corrected chi connectivity index (χ3v) is 5.94. The summed E-state index contributed by atoms with van der Waals surface area (Å²) < 4.78 is 30.1. The van der Waals surface area contributed by atoms with Gasteiger partial charge >= 0.3 is 0 Å². The Morgan fingerprint density at radius 3 is 2.46 bits per heavy atom. The monoisotopic (exact) mass is 376 g/mol. The van der Waals surface area contributed by atoms with Crippen molar-refractivity contribution in [3.05, 3.63) is 54.0 Å². The van der Waals surface area contributed by atoms with Crippen LogP contribution in [0.2, 0.25) is 0 Å². The van der Waals surface area contributed by atoms with Gasteiger partial charge in [0.25, 0.3) is 5.91 Å². The van der Waals surface area contributed by atoms with Crippen molar-refractivity contribution in [3.8, 4) is 0 Å². The molecule has 2 heterocycles. The number of rotatable bonds is 6. The first-order valence-electron chi connectivity index (χ1n) is 8.37. The van der Waals surface area contributed by atoms with Gasteiger partial charge in [-0.3, -0.25) is 9.59 Å². The molecule has 0 aliphatic carbocycles. The molecule has 1 aliphatic heterocycles. The van der Waals surface area contributed by atoms with Gasteiger partial charge in [-0.2, -0.15) is 0 Å². The number of nitrogens with zero attached hydrogens (tertiary/aromatic N) is 1. The van der Waals surface area contributed by atoms with Crippen molar-refractivity contribution >= 4 is 21.7 Å². The molecule has 0 atom stereocenters. The number of furan rings is 1. The average Bonchev–Trinajstić information content (AvgIpc) is 3.32. The predicted molar refractivity (Wildman–Crippen MR) is 94.2 cm³/mol. The summed E-state index contributed by atoms with van der Waals surface area (Å²) in [4.78, 5) is 26.2. The average molecular weight is 376 g/mol. The van der Waals surface area contributed by atoms with E-state index < -0.39 is 15.7 Å². The molecule has 8 heteroatoms. The third-order valence-electron chi connectivity index (χ3n) is 4.26. The molecule has 7 nitrogen and oxygen atoms in total. The topological polar surface area (TPSA) is 96.7 Å². The van der Waals surface area contributed by atoms with Gasteiger partial charge in [-0.05, 0) is 31.0 Å². The van der Waals surface area contributed by atoms with Crippen LogP contribution in [0.5, 0.6) is 0 Å². The van der Waals surface area contributed by atoms with E-state index in [4.69, 9.17) is 4.42 Å². The minimum atomic E-state index is -3.60. The molecule has 1 N–H and O–H groups in total. The molecule has 0 saturated carbocycles. The van der Waals surface area contributed by atoms with Gasteiger partial charge in [0.1, 0.15) is 0 Å². The summed E-state index contributed by atoms with van der Waals surface area (Å²) in [5.74, 6) is -1.18. The zero-order valence-electron chi connectivity index (χ0n) is 14.2. The molecule has 138 valence electrons. The largest absolute Gasteiger partial charge is 0.459 e. The van der Waals surface area contributed by atoms with E-state index in [2.05, 4.69) is 5.32 Å². The molecule has 1 aromatic carbocycles. The van der Waals surface area contributed by atoms with Crippen LogP contribution in [-0.2, 0) is 20.4 Å². The van der Waals surface area contributed by atoms with E-state index in [-0.39, 0.29) is 34.4 Å². The standard InChI is InChI=1S/C18H20N2O5S/c21-16(20-9-4-5-10-20)12-19-18(22)17-14(8-11-25-17)13-26(23,24)15-6-2-1-3-7-15/h1-3,6-8,11H,4-5,9-10,12-13H2,(H,19,22). The van der Waals surface area contributed by atoms with Gasteiger partial charge in [-0.25, -0.2) is 8.42 Å². The molecule has 1 fully saturated rings. The molecule has 0 spiro atoms. The van der Waals surface area contributed by atoms with Gasteiger partial charge in [-0.1, -0.05) is 18.2 Å². The van der Waals surface area contributed by atoms with E-state index in [1.165, 1.54) is 24.5 Å². The first-order valence-corrected chi connectivity index (χ1v) is 10.0. The highest BCUT2D eigenvalue weighted by molar-refractivity contribution is 7.90. The number of sulfone groups is 1. The van der Waals surface area contributed by atoms with Crippen LogP contribution in [0.15, 0.2) is 52.0 Å². The van der Waals surface area contributed by atoms with E-state index in [0.29, 0.717) is 13.1 Å². The molecular weight excluding hydrogens is 356 g/mol. The van der Waals surface area contributed by atoms with E-state index in [1.807, 2.05) is 0 Å². The highest BCUT2D eigenvalue weighted by atomic mass is 32.2. The van der Waals surface area contributed by atoms with Crippen molar-refractivity contribution in [2.24, 2.45) is 0 Å². The van der Waals surface area contributed by atoms with Gasteiger partial charge in [0.15, 0.2) is 15.6 Å². The molecule has 0 radical (unpaired) electrons. The van der Waals surface area contributed by atoms with Crippen LogP contribution in [0.4, 0.5) is 0 Å². The quantitative estimate of drug-likeness (QED) is 0.826. The lowest BCUT2D eigenvalue weighted by Gasteiger charge is -2.15. The smallest absolute Gasteiger partial charge is 0.287 e. The molecular formula is C18H20N2O5S. The van der Waals surface area contributed by atoms with Crippen molar-refractivity contribution in [2.75, 3.05) is 19.6 Å². The van der Waals surface area contributed by atoms with Gasteiger partial charge in [-0.15, -0.1) is 0 Å². The van der Waals surface area contributed by atoms with Crippen molar-refractivity contribution in [1.29, 1.82) is 0 Å². The first kappa shape index (κ1) is 18.2. The fourth-order valence-corrected chi connectivity index (χ4v) is 4.25. The molecule has 26 heavy (non-hydrogen) atoms. The normalized spacial score (nSPS) is 14.4. The maximum atomic E-state index is 12.5. The second-order valence-electron chi connectivity index (χ2n) is 6.12. The number of likely N-dealkylation sites (tertiary alicyclic amines) is 1. The zero-order chi connectivity index (χ0) is 18.6. The summed E-state index contributed by atoms with van der Waals surface area (Å²) in [6, 6.07) is 9.47. The van der Waals surface area contributed by atoms with Crippen LogP contribution in [0.25, 0.3) is 0 Å². The molecule has 1 aromatic heterocycles. The summed E-state index contributed by atoms with van der Waals surface area (Å²) in [7, 11) is -3.60. The Morgan fingerprint density at radius 2 is 1.77 bits per heavy atom. The van der Waals surface area contributed by atoms with Gasteiger partial charge in [0.05, 0.1) is 23.5 Å². The zero-order valence-corrected chi connectivity index (χ0v) is 15.0. The summed E-state index contributed by atoms with van der Waals surface area (Å²) in [5.41, 5.74) is 0.264. The molecule has 0 unspecified atom stereocenters. The molecule has 1 saturated heterocycles. The van der Waals surface area contributed by atoms with Crippen LogP contribution in [-0.4, -0.2) is 44.8 Å². The van der Waals surface area contributed by atoms with Crippen molar-refractivity contribution in [2.45, 2.75) is 23.5 Å². The fraction of sp³-hybridized carbons (Fsp3) is 0.333. The SMILES string of the molecule is O=C(NCC(=O)N1CCCC1)c1occc1CS(=O)(=O)c1ccccc1. The van der Waals surface area contributed by atoms with Crippen molar-refractivity contribution in [3.63, 3.8) is 0 Å². The highest BCUT2D eigenvalue weighted by Crippen LogP contribution is 2.20. The molecule has 2 amide bonds. The predicted octanol–water partition coefficient (Wildman–Crippen LogP) is 1.61. The Bertz CT molecular complexity index is 883. The number of hydrogen-bond acceptors (Lipinski definition) is 5. The Hall–Kier alpha value is -2.61. The van der Waals surface area contributed by atoms with E-state index >= 15 is 0 Å². The molecule has 3 rings (SSSR count). The lowest BCUT2D eigenvalue weighted by atomic mass is 10.2. The molecule has 0 bridgehead atoms. The van der Waals surface area contributed by atoms with Gasteiger partial charge in [0.2, 0.25) is 5.91 Å². The van der Waals surface area contributed by atoms with Gasteiger partial charge in [0, 0.05) is 18.7 Å². The summed E-state index contributed by atoms with van der Waals surface area (Å²) in [6.07, 6.45) is 3.21. The Labute approximate surface area is 151 Å². The van der Waals surface area contributed by atoms with Gasteiger partial charge < -0.3 is 14.6 Å². The van der Waals surface area contributed by atoms with Crippen LogP contribution in [0, 0.1) is 0 Å². The number of amides is 2. The number of carbonyl (C=O) groups excluding carboxylic acids is 2. The highest BCUT2D eigenvalue weighted by Gasteiger charge is 2.24. The fourth-order valence-electron chi connectivity index (χ4n) is 2.88. The summed E-state index contributed by atoms with van der Waals surface area (Å²) in [5, 5.41) is 2.51.